The van der Waals surface area contributed by atoms with Crippen LogP contribution in [0.15, 0.2) is 24.3 Å². The van der Waals surface area contributed by atoms with Crippen molar-refractivity contribution in [1.29, 1.82) is 0 Å². The number of benzene rings is 1. The van der Waals surface area contributed by atoms with Gasteiger partial charge < -0.3 is 10.5 Å². The Morgan fingerprint density at radius 2 is 1.88 bits per heavy atom. The molecular weight excluding hydrogens is 230 g/mol. The first-order chi connectivity index (χ1) is 8.09. The summed E-state index contributed by atoms with van der Waals surface area (Å²) in [6, 6.07) is 8.30. The van der Waals surface area contributed by atoms with Crippen LogP contribution >= 0.6 is 12.2 Å². The fraction of sp³-hybridized carbons (Fsp3) is 0.500. The molecule has 0 aliphatic carbocycles. The van der Waals surface area contributed by atoms with Crippen LogP contribution < -0.4 is 10.5 Å². The Labute approximate surface area is 109 Å². The lowest BCUT2D eigenvalue weighted by atomic mass is 10.0. The smallest absolute Gasteiger partial charge is 0.119 e. The van der Waals surface area contributed by atoms with E-state index in [1.165, 1.54) is 5.56 Å². The number of rotatable bonds is 7. The Morgan fingerprint density at radius 3 is 2.41 bits per heavy atom. The van der Waals surface area contributed by atoms with Crippen LogP contribution in [0, 0.1) is 0 Å². The second kappa shape index (κ2) is 7.28. The summed E-state index contributed by atoms with van der Waals surface area (Å²) in [7, 11) is 0. The Morgan fingerprint density at radius 1 is 1.24 bits per heavy atom. The number of nitrogens with two attached hydrogens (primary N) is 1. The summed E-state index contributed by atoms with van der Waals surface area (Å²) in [5, 5.41) is 0. The van der Waals surface area contributed by atoms with Crippen molar-refractivity contribution in [2.75, 3.05) is 6.61 Å². The Bertz CT molecular complexity index is 346. The molecule has 2 nitrogen and oxygen atoms in total. The maximum absolute atomic E-state index is 5.64. The summed E-state index contributed by atoms with van der Waals surface area (Å²) >= 11 is 4.81. The molecule has 0 spiro atoms. The van der Waals surface area contributed by atoms with Gasteiger partial charge in [-0.1, -0.05) is 38.2 Å². The highest BCUT2D eigenvalue weighted by Gasteiger charge is 1.99. The van der Waals surface area contributed by atoms with E-state index < -0.39 is 0 Å². The molecule has 0 unspecified atom stereocenters. The second-order valence-corrected chi connectivity index (χ2v) is 5.02. The summed E-state index contributed by atoms with van der Waals surface area (Å²) < 4.78 is 5.64. The molecule has 0 saturated carbocycles. The third-order valence-corrected chi connectivity index (χ3v) is 2.84. The number of unbranched alkanes of at least 4 members (excludes halogenated alkanes) is 1. The van der Waals surface area contributed by atoms with E-state index in [0.29, 0.717) is 10.9 Å². The van der Waals surface area contributed by atoms with Crippen molar-refractivity contribution in [3.05, 3.63) is 29.8 Å². The van der Waals surface area contributed by atoms with Crippen molar-refractivity contribution in [3.63, 3.8) is 0 Å². The molecule has 0 bridgehead atoms. The van der Waals surface area contributed by atoms with Crippen molar-refractivity contribution in [2.45, 2.75) is 39.0 Å². The molecule has 1 aromatic carbocycles. The van der Waals surface area contributed by atoms with E-state index in [-0.39, 0.29) is 0 Å². The molecule has 1 aromatic rings. The van der Waals surface area contributed by atoms with Crippen molar-refractivity contribution >= 4 is 17.2 Å². The monoisotopic (exact) mass is 251 g/mol. The Hall–Kier alpha value is -1.09. The Balaban J connectivity index is 2.25. The summed E-state index contributed by atoms with van der Waals surface area (Å²) in [6.45, 7) is 5.10. The quantitative estimate of drug-likeness (QED) is 0.593. The summed E-state index contributed by atoms with van der Waals surface area (Å²) in [4.78, 5) is 0.589. The molecule has 0 fully saturated rings. The highest BCUT2D eigenvalue weighted by Crippen LogP contribution is 2.18. The molecule has 3 heteroatoms. The molecule has 0 heterocycles. The zero-order chi connectivity index (χ0) is 12.7. The topological polar surface area (TPSA) is 35.2 Å². The fourth-order valence-electron chi connectivity index (χ4n) is 1.54. The van der Waals surface area contributed by atoms with E-state index in [2.05, 4.69) is 26.0 Å². The maximum Gasteiger partial charge on any atom is 0.119 e. The third-order valence-electron chi connectivity index (χ3n) is 2.63. The average molecular weight is 251 g/mol. The van der Waals surface area contributed by atoms with E-state index >= 15 is 0 Å². The zero-order valence-electron chi connectivity index (χ0n) is 10.6. The summed E-state index contributed by atoms with van der Waals surface area (Å²) in [5.41, 5.74) is 6.76. The first kappa shape index (κ1) is 14.0. The van der Waals surface area contributed by atoms with Crippen LogP contribution in [0.1, 0.15) is 44.6 Å². The van der Waals surface area contributed by atoms with Gasteiger partial charge in [0.05, 0.1) is 11.6 Å². The normalized spacial score (nSPS) is 10.5. The van der Waals surface area contributed by atoms with E-state index in [0.717, 1.165) is 31.6 Å². The van der Waals surface area contributed by atoms with Gasteiger partial charge in [0.1, 0.15) is 5.75 Å². The van der Waals surface area contributed by atoms with Gasteiger partial charge in [0.15, 0.2) is 0 Å². The van der Waals surface area contributed by atoms with Gasteiger partial charge >= 0.3 is 0 Å². The first-order valence-electron chi connectivity index (χ1n) is 6.10. The van der Waals surface area contributed by atoms with Gasteiger partial charge in [-0.05, 0) is 42.9 Å². The van der Waals surface area contributed by atoms with Gasteiger partial charge in [0.25, 0.3) is 0 Å². The SMILES string of the molecule is CC(C)c1ccc(OCCCCC(N)=S)cc1. The molecule has 0 atom stereocenters. The van der Waals surface area contributed by atoms with Crippen molar-refractivity contribution in [3.8, 4) is 5.75 Å². The van der Waals surface area contributed by atoms with Gasteiger partial charge in [0, 0.05) is 0 Å². The third kappa shape index (κ3) is 5.68. The second-order valence-electron chi connectivity index (χ2n) is 4.50. The molecule has 1 rings (SSSR count). The average Bonchev–Trinajstić information content (AvgIpc) is 2.29. The predicted molar refractivity (Wildman–Crippen MR) is 76.7 cm³/mol. The van der Waals surface area contributed by atoms with E-state index in [1.54, 1.807) is 0 Å². The first-order valence-corrected chi connectivity index (χ1v) is 6.51. The predicted octanol–water partition coefficient (Wildman–Crippen LogP) is 3.65. The molecule has 0 radical (unpaired) electrons. The molecule has 0 saturated heterocycles. The minimum atomic E-state index is 0.564. The molecule has 0 aliphatic heterocycles. The van der Waals surface area contributed by atoms with Gasteiger partial charge in [-0.2, -0.15) is 0 Å². The number of thiocarbonyl (C=S) groups is 1. The van der Waals surface area contributed by atoms with Gasteiger partial charge in [-0.15, -0.1) is 0 Å². The number of ether oxygens (including phenoxy) is 1. The summed E-state index contributed by atoms with van der Waals surface area (Å²) in [6.07, 6.45) is 2.80. The lowest BCUT2D eigenvalue weighted by molar-refractivity contribution is 0.308. The van der Waals surface area contributed by atoms with Crippen LogP contribution in [0.5, 0.6) is 5.75 Å². The molecule has 94 valence electrons. The van der Waals surface area contributed by atoms with Crippen LogP contribution in [-0.4, -0.2) is 11.6 Å². The van der Waals surface area contributed by atoms with Crippen LogP contribution in [0.4, 0.5) is 0 Å². The van der Waals surface area contributed by atoms with Gasteiger partial charge in [0.2, 0.25) is 0 Å². The van der Waals surface area contributed by atoms with Gasteiger partial charge in [-0.3, -0.25) is 0 Å². The van der Waals surface area contributed by atoms with Crippen molar-refractivity contribution in [2.24, 2.45) is 5.73 Å². The van der Waals surface area contributed by atoms with Crippen LogP contribution in [0.2, 0.25) is 0 Å². The molecular formula is C14H21NOS. The van der Waals surface area contributed by atoms with Crippen LogP contribution in [-0.2, 0) is 0 Å². The number of hydrogen-bond donors (Lipinski definition) is 1. The molecule has 0 amide bonds. The molecule has 17 heavy (non-hydrogen) atoms. The zero-order valence-corrected chi connectivity index (χ0v) is 11.4. The minimum absolute atomic E-state index is 0.564. The fourth-order valence-corrected chi connectivity index (χ4v) is 1.68. The van der Waals surface area contributed by atoms with E-state index in [4.69, 9.17) is 22.7 Å². The highest BCUT2D eigenvalue weighted by molar-refractivity contribution is 7.80. The van der Waals surface area contributed by atoms with Crippen LogP contribution in [0.25, 0.3) is 0 Å². The van der Waals surface area contributed by atoms with E-state index in [1.807, 2.05) is 12.1 Å². The minimum Gasteiger partial charge on any atom is -0.494 e. The van der Waals surface area contributed by atoms with E-state index in [9.17, 15) is 0 Å². The van der Waals surface area contributed by atoms with Crippen LogP contribution in [0.3, 0.4) is 0 Å². The lowest BCUT2D eigenvalue weighted by Gasteiger charge is -2.08. The highest BCUT2D eigenvalue weighted by atomic mass is 32.1. The lowest BCUT2D eigenvalue weighted by Crippen LogP contribution is -2.08. The molecule has 0 aliphatic rings. The molecule has 2 N–H and O–H groups in total. The number of hydrogen-bond acceptors (Lipinski definition) is 2. The molecule has 0 aromatic heterocycles. The van der Waals surface area contributed by atoms with Gasteiger partial charge in [-0.25, -0.2) is 0 Å². The van der Waals surface area contributed by atoms with Crippen molar-refractivity contribution in [1.82, 2.24) is 0 Å². The Kier molecular flexibility index (Phi) is 5.98. The standard InChI is InChI=1S/C14H21NOS/c1-11(2)12-6-8-13(9-7-12)16-10-4-3-5-14(15)17/h6-9,11H,3-5,10H2,1-2H3,(H2,15,17). The largest absolute Gasteiger partial charge is 0.494 e. The van der Waals surface area contributed by atoms with Crippen molar-refractivity contribution < 1.29 is 4.74 Å². The summed E-state index contributed by atoms with van der Waals surface area (Å²) in [5.74, 6) is 1.50. The maximum atomic E-state index is 5.64.